The highest BCUT2D eigenvalue weighted by Crippen LogP contribution is 2.44. The van der Waals surface area contributed by atoms with Crippen molar-refractivity contribution in [3.63, 3.8) is 0 Å². The fourth-order valence-corrected chi connectivity index (χ4v) is 11.2. The summed E-state index contributed by atoms with van der Waals surface area (Å²) in [6.45, 7) is 17.3. The summed E-state index contributed by atoms with van der Waals surface area (Å²) in [5.74, 6) is 1.04. The molecule has 0 saturated heterocycles. The van der Waals surface area contributed by atoms with Crippen LogP contribution in [0.5, 0.6) is 11.8 Å². The quantitative estimate of drug-likeness (QED) is 0.0889. The second kappa shape index (κ2) is 19.9. The van der Waals surface area contributed by atoms with Gasteiger partial charge in [0.05, 0.1) is 13.1 Å². The second-order valence-electron chi connectivity index (χ2n) is 16.9. The second-order valence-corrected chi connectivity index (χ2v) is 19.6. The van der Waals surface area contributed by atoms with E-state index in [1.165, 1.54) is 59.5 Å². The number of carbonyl (C=O) groups excluding carboxylic acids is 2. The number of nitrogens with zero attached hydrogens (tertiary/aromatic N) is 6. The molecule has 0 radical (unpaired) electrons. The zero-order chi connectivity index (χ0) is 44.9. The highest BCUT2D eigenvalue weighted by atomic mass is 32.1. The van der Waals surface area contributed by atoms with Gasteiger partial charge in [0.15, 0.2) is 0 Å². The Morgan fingerprint density at radius 2 is 1.25 bits per heavy atom. The SMILES string of the molecule is C=CC(=O)N1Cc2sc(C)cc2[C@@H](c2ccccc2-c2ccc(OCCN(C)Cc3cccc(-c4ccc(OCCN(C)C)nc4)c3[C@H]3CN(C(=O)C=C)Cc4sc(C)cc43)nc2)C1. The Labute approximate surface area is 385 Å². The van der Waals surface area contributed by atoms with Crippen molar-refractivity contribution in [2.45, 2.75) is 45.3 Å². The molecule has 2 amide bonds. The first kappa shape index (κ1) is 44.7. The molecule has 330 valence electrons. The standard InChI is InChI=1S/C52H56N6O4S2/c1-8-50(59)57-30-44(42-25-34(3)63-46(42)32-57)41-15-11-10-14-39(41)36-17-19-49(53-27-36)62-24-22-56(7)29-38-13-12-16-40(37-18-20-48(54-28-37)61-23-21-55(5)6)52(38)45-31-58(51(60)9-2)33-47-43(45)26-35(4)64-47/h8-20,25-28,44-45H,1-2,21-24,29-33H2,3-7H3/t44-,45+/m1/s1. The molecule has 0 fully saturated rings. The average Bonchev–Trinajstić information content (AvgIpc) is 3.88. The predicted molar refractivity (Wildman–Crippen MR) is 258 cm³/mol. The normalized spacial score (nSPS) is 15.8. The minimum atomic E-state index is -0.0637. The Bertz CT molecular complexity index is 2640. The summed E-state index contributed by atoms with van der Waals surface area (Å²) >= 11 is 3.52. The van der Waals surface area contributed by atoms with Gasteiger partial charge in [0.1, 0.15) is 13.2 Å². The van der Waals surface area contributed by atoms with E-state index in [0.29, 0.717) is 64.2 Å². The molecule has 0 saturated carbocycles. The molecule has 4 aromatic heterocycles. The van der Waals surface area contributed by atoms with Crippen LogP contribution in [0.25, 0.3) is 22.3 Å². The van der Waals surface area contributed by atoms with Crippen LogP contribution in [-0.4, -0.2) is 102 Å². The Balaban J connectivity index is 0.998. The summed E-state index contributed by atoms with van der Waals surface area (Å²) in [5.41, 5.74) is 10.3. The first-order valence-electron chi connectivity index (χ1n) is 21.7. The molecule has 0 unspecified atom stereocenters. The molecule has 6 aromatic rings. The Morgan fingerprint density at radius 3 is 1.83 bits per heavy atom. The number of benzene rings is 2. The highest BCUT2D eigenvalue weighted by Gasteiger charge is 2.34. The molecule has 2 aliphatic heterocycles. The third-order valence-corrected chi connectivity index (χ3v) is 14.2. The van der Waals surface area contributed by atoms with Crippen molar-refractivity contribution in [3.05, 3.63) is 164 Å². The van der Waals surface area contributed by atoms with Crippen molar-refractivity contribution in [2.24, 2.45) is 0 Å². The number of pyridine rings is 2. The van der Waals surface area contributed by atoms with Gasteiger partial charge in [0, 0.05) is 99.7 Å². The van der Waals surface area contributed by atoms with E-state index in [1.807, 2.05) is 48.4 Å². The minimum absolute atomic E-state index is 0.0411. The van der Waals surface area contributed by atoms with Gasteiger partial charge >= 0.3 is 0 Å². The molecule has 0 bridgehead atoms. The van der Waals surface area contributed by atoms with E-state index in [1.54, 1.807) is 22.7 Å². The first-order chi connectivity index (χ1) is 31.0. The van der Waals surface area contributed by atoms with E-state index in [2.05, 4.69) is 111 Å². The van der Waals surface area contributed by atoms with Crippen LogP contribution >= 0.6 is 22.7 Å². The molecule has 0 aliphatic carbocycles. The van der Waals surface area contributed by atoms with Crippen LogP contribution in [-0.2, 0) is 29.2 Å². The maximum absolute atomic E-state index is 13.2. The van der Waals surface area contributed by atoms with Gasteiger partial charge < -0.3 is 24.2 Å². The molecule has 12 heteroatoms. The van der Waals surface area contributed by atoms with Gasteiger partial charge in [-0.15, -0.1) is 22.7 Å². The van der Waals surface area contributed by atoms with E-state index in [9.17, 15) is 9.59 Å². The number of fused-ring (bicyclic) bond motifs is 2. The van der Waals surface area contributed by atoms with Gasteiger partial charge in [0.2, 0.25) is 23.6 Å². The lowest BCUT2D eigenvalue weighted by molar-refractivity contribution is -0.127. The number of rotatable bonds is 16. The fourth-order valence-electron chi connectivity index (χ4n) is 8.96. The van der Waals surface area contributed by atoms with Crippen molar-refractivity contribution < 1.29 is 19.1 Å². The minimum Gasteiger partial charge on any atom is -0.476 e. The molecule has 2 aliphatic rings. The molecule has 6 heterocycles. The molecule has 2 atom stereocenters. The van der Waals surface area contributed by atoms with Crippen LogP contribution in [0.1, 0.15) is 59.2 Å². The van der Waals surface area contributed by atoms with Gasteiger partial charge in [-0.1, -0.05) is 55.6 Å². The smallest absolute Gasteiger partial charge is 0.246 e. The van der Waals surface area contributed by atoms with Crippen molar-refractivity contribution in [2.75, 3.05) is 60.5 Å². The van der Waals surface area contributed by atoms with E-state index < -0.39 is 0 Å². The van der Waals surface area contributed by atoms with Crippen LogP contribution in [0.4, 0.5) is 0 Å². The fraction of sp³-hybridized carbons (Fsp3) is 0.308. The Morgan fingerprint density at radius 1 is 0.703 bits per heavy atom. The maximum atomic E-state index is 13.2. The largest absolute Gasteiger partial charge is 0.476 e. The van der Waals surface area contributed by atoms with Crippen LogP contribution < -0.4 is 9.47 Å². The lowest BCUT2D eigenvalue weighted by atomic mass is 9.81. The van der Waals surface area contributed by atoms with Crippen LogP contribution in [0.3, 0.4) is 0 Å². The number of ether oxygens (including phenoxy) is 2. The summed E-state index contributed by atoms with van der Waals surface area (Å²) in [7, 11) is 6.15. The van der Waals surface area contributed by atoms with Gasteiger partial charge in [0.25, 0.3) is 0 Å². The number of carbonyl (C=O) groups is 2. The maximum Gasteiger partial charge on any atom is 0.246 e. The van der Waals surface area contributed by atoms with E-state index in [0.717, 1.165) is 28.8 Å². The number of aromatic nitrogens is 2. The zero-order valence-corrected chi connectivity index (χ0v) is 39.0. The van der Waals surface area contributed by atoms with E-state index >= 15 is 0 Å². The molecule has 2 aromatic carbocycles. The van der Waals surface area contributed by atoms with Crippen molar-refractivity contribution in [1.29, 1.82) is 0 Å². The summed E-state index contributed by atoms with van der Waals surface area (Å²) in [5, 5.41) is 0. The van der Waals surface area contributed by atoms with E-state index in [-0.39, 0.29) is 23.7 Å². The summed E-state index contributed by atoms with van der Waals surface area (Å²) in [6, 6.07) is 27.5. The number of likely N-dealkylation sites (N-methyl/N-ethyl adjacent to an activating group) is 2. The zero-order valence-electron chi connectivity index (χ0n) is 37.4. The summed E-state index contributed by atoms with van der Waals surface area (Å²) < 4.78 is 12.2. The lowest BCUT2D eigenvalue weighted by Gasteiger charge is -2.35. The Kier molecular flexibility index (Phi) is 13.9. The van der Waals surface area contributed by atoms with Crippen LogP contribution in [0.15, 0.2) is 117 Å². The predicted octanol–water partition coefficient (Wildman–Crippen LogP) is 9.32. The first-order valence-corrected chi connectivity index (χ1v) is 23.4. The number of hydrogen-bond donors (Lipinski definition) is 0. The van der Waals surface area contributed by atoms with Crippen molar-refractivity contribution >= 4 is 34.5 Å². The van der Waals surface area contributed by atoms with Gasteiger partial charge in [-0.25, -0.2) is 9.97 Å². The third kappa shape index (κ3) is 9.90. The van der Waals surface area contributed by atoms with Crippen LogP contribution in [0, 0.1) is 13.8 Å². The average molecular weight is 893 g/mol. The highest BCUT2D eigenvalue weighted by molar-refractivity contribution is 7.12. The molecule has 8 rings (SSSR count). The number of aryl methyl sites for hydroxylation is 2. The Hall–Kier alpha value is -5.92. The number of hydrogen-bond acceptors (Lipinski definition) is 10. The summed E-state index contributed by atoms with van der Waals surface area (Å²) in [4.78, 5) is 48.5. The summed E-state index contributed by atoms with van der Waals surface area (Å²) in [6.07, 6.45) is 6.61. The molecule has 0 spiro atoms. The molecular formula is C52H56N6O4S2. The van der Waals surface area contributed by atoms with Gasteiger partial charge in [-0.2, -0.15) is 0 Å². The molecule has 64 heavy (non-hydrogen) atoms. The van der Waals surface area contributed by atoms with Crippen LogP contribution in [0.2, 0.25) is 0 Å². The third-order valence-electron chi connectivity index (χ3n) is 12.1. The van der Waals surface area contributed by atoms with E-state index in [4.69, 9.17) is 19.4 Å². The number of thiophene rings is 2. The van der Waals surface area contributed by atoms with Crippen molar-refractivity contribution in [1.82, 2.24) is 29.6 Å². The topological polar surface area (TPSA) is 91.3 Å². The molecule has 10 nitrogen and oxygen atoms in total. The monoisotopic (exact) mass is 892 g/mol. The van der Waals surface area contributed by atoms with Gasteiger partial charge in [-0.3, -0.25) is 14.5 Å². The number of amides is 2. The molecule has 0 N–H and O–H groups in total. The van der Waals surface area contributed by atoms with Crippen molar-refractivity contribution in [3.8, 4) is 34.0 Å². The molecular weight excluding hydrogens is 837 g/mol. The lowest BCUT2D eigenvalue weighted by Crippen LogP contribution is -2.37. The van der Waals surface area contributed by atoms with Gasteiger partial charge in [-0.05, 0) is 110 Å².